The molecular weight excluding hydrogens is 458 g/mol. The lowest BCUT2D eigenvalue weighted by atomic mass is 10.2. The third-order valence-electron chi connectivity index (χ3n) is 2.59. The highest BCUT2D eigenvalue weighted by Crippen LogP contribution is 2.28. The number of amides is 1. The normalized spacial score (nSPS) is 10.2. The van der Waals surface area contributed by atoms with Gasteiger partial charge in [0.2, 0.25) is 0 Å². The Hall–Kier alpha value is -1.55. The van der Waals surface area contributed by atoms with Crippen molar-refractivity contribution in [3.63, 3.8) is 0 Å². The van der Waals surface area contributed by atoms with Gasteiger partial charge in [0.05, 0.1) is 16.2 Å². The molecule has 5 nitrogen and oxygen atoms in total. The fourth-order valence-corrected chi connectivity index (χ4v) is 2.77. The first-order chi connectivity index (χ1) is 9.88. The first-order valence-electron chi connectivity index (χ1n) is 5.59. The van der Waals surface area contributed by atoms with E-state index in [0.29, 0.717) is 19.3 Å². The molecule has 0 fully saturated rings. The van der Waals surface area contributed by atoms with Crippen molar-refractivity contribution in [3.8, 4) is 0 Å². The van der Waals surface area contributed by atoms with Crippen molar-refractivity contribution in [2.24, 2.45) is 0 Å². The van der Waals surface area contributed by atoms with Crippen LogP contribution in [0.3, 0.4) is 0 Å². The first kappa shape index (κ1) is 15.8. The molecule has 0 aromatic heterocycles. The van der Waals surface area contributed by atoms with E-state index in [4.69, 9.17) is 0 Å². The number of halogens is 3. The number of rotatable bonds is 3. The Kier molecular flexibility index (Phi) is 4.88. The molecule has 0 spiro atoms. The van der Waals surface area contributed by atoms with Gasteiger partial charge in [-0.25, -0.2) is 4.39 Å². The average Bonchev–Trinajstić information content (AvgIpc) is 2.40. The molecule has 0 atom stereocenters. The molecule has 2 aromatic carbocycles. The number of nitro benzene ring substituents is 1. The van der Waals surface area contributed by atoms with E-state index < -0.39 is 16.6 Å². The largest absolute Gasteiger partial charge is 0.321 e. The second kappa shape index (κ2) is 6.48. The fraction of sp³-hybridized carbons (Fsp3) is 0. The predicted octanol–water partition coefficient (Wildman–Crippen LogP) is 4.35. The maximum Gasteiger partial charge on any atom is 0.270 e. The minimum Gasteiger partial charge on any atom is -0.321 e. The van der Waals surface area contributed by atoms with Crippen LogP contribution >= 0.6 is 38.5 Å². The Labute approximate surface area is 141 Å². The fourth-order valence-electron chi connectivity index (χ4n) is 1.58. The highest BCUT2D eigenvalue weighted by atomic mass is 127. The molecule has 0 radical (unpaired) electrons. The van der Waals surface area contributed by atoms with Gasteiger partial charge < -0.3 is 5.32 Å². The summed E-state index contributed by atoms with van der Waals surface area (Å²) in [4.78, 5) is 22.2. The molecule has 0 aliphatic heterocycles. The Bertz CT molecular complexity index is 739. The van der Waals surface area contributed by atoms with Crippen LogP contribution in [0.1, 0.15) is 10.4 Å². The summed E-state index contributed by atoms with van der Waals surface area (Å²) in [7, 11) is 0. The number of nitrogens with zero attached hydrogens (tertiary/aromatic N) is 1. The number of carbonyl (C=O) groups is 1. The van der Waals surface area contributed by atoms with Crippen LogP contribution < -0.4 is 5.32 Å². The van der Waals surface area contributed by atoms with Crippen molar-refractivity contribution in [1.82, 2.24) is 0 Å². The molecule has 0 aliphatic carbocycles. The number of carbonyl (C=O) groups excluding carboxylic acids is 1. The zero-order valence-corrected chi connectivity index (χ0v) is 14.0. The van der Waals surface area contributed by atoms with Crippen LogP contribution in [0.5, 0.6) is 0 Å². The Morgan fingerprint density at radius 3 is 2.57 bits per heavy atom. The molecule has 108 valence electrons. The highest BCUT2D eigenvalue weighted by Gasteiger charge is 2.14. The smallest absolute Gasteiger partial charge is 0.270 e. The Morgan fingerprint density at radius 2 is 2.00 bits per heavy atom. The number of nitrogens with one attached hydrogen (secondary N) is 1. The van der Waals surface area contributed by atoms with E-state index in [9.17, 15) is 19.3 Å². The minimum atomic E-state index is -0.528. The molecule has 2 rings (SSSR count). The van der Waals surface area contributed by atoms with Crippen LogP contribution in [0, 0.1) is 19.5 Å². The van der Waals surface area contributed by atoms with Crippen molar-refractivity contribution in [2.45, 2.75) is 0 Å². The summed E-state index contributed by atoms with van der Waals surface area (Å²) < 4.78 is 13.9. The van der Waals surface area contributed by atoms with Crippen LogP contribution in [-0.2, 0) is 0 Å². The van der Waals surface area contributed by atoms with E-state index in [-0.39, 0.29) is 5.69 Å². The molecule has 21 heavy (non-hydrogen) atoms. The zero-order chi connectivity index (χ0) is 15.6. The summed E-state index contributed by atoms with van der Waals surface area (Å²) in [6.07, 6.45) is 0. The zero-order valence-electron chi connectivity index (χ0n) is 10.3. The van der Waals surface area contributed by atoms with Gasteiger partial charge in [-0.1, -0.05) is 0 Å². The molecule has 2 aromatic rings. The predicted molar refractivity (Wildman–Crippen MR) is 87.9 cm³/mol. The van der Waals surface area contributed by atoms with Gasteiger partial charge in [0.25, 0.3) is 11.6 Å². The van der Waals surface area contributed by atoms with E-state index in [1.807, 2.05) is 22.6 Å². The number of non-ortho nitro benzene ring substituents is 1. The van der Waals surface area contributed by atoms with E-state index in [0.717, 1.165) is 0 Å². The Balaban J connectivity index is 2.25. The van der Waals surface area contributed by atoms with Crippen molar-refractivity contribution in [1.29, 1.82) is 0 Å². The van der Waals surface area contributed by atoms with E-state index in [1.165, 1.54) is 36.4 Å². The number of benzene rings is 2. The molecule has 0 unspecified atom stereocenters. The summed E-state index contributed by atoms with van der Waals surface area (Å²) >= 11 is 5.03. The number of nitro groups is 1. The lowest BCUT2D eigenvalue weighted by molar-refractivity contribution is -0.384. The van der Waals surface area contributed by atoms with Crippen molar-refractivity contribution in [2.75, 3.05) is 5.32 Å². The molecule has 0 saturated carbocycles. The summed E-state index contributed by atoms with van der Waals surface area (Å²) in [5, 5.41) is 13.3. The number of hydrogen-bond donors (Lipinski definition) is 1. The van der Waals surface area contributed by atoms with Gasteiger partial charge in [-0.05, 0) is 62.8 Å². The highest BCUT2D eigenvalue weighted by molar-refractivity contribution is 14.1. The maximum absolute atomic E-state index is 13.0. The van der Waals surface area contributed by atoms with Gasteiger partial charge in [0.1, 0.15) is 5.82 Å². The quantitative estimate of drug-likeness (QED) is 0.417. The molecule has 0 heterocycles. The monoisotopic (exact) mass is 464 g/mol. The van der Waals surface area contributed by atoms with Gasteiger partial charge >= 0.3 is 0 Å². The molecule has 0 bridgehead atoms. The van der Waals surface area contributed by atoms with E-state index in [1.54, 1.807) is 0 Å². The third kappa shape index (κ3) is 3.76. The minimum absolute atomic E-state index is 0.0868. The Morgan fingerprint density at radius 1 is 1.29 bits per heavy atom. The molecule has 0 aliphatic rings. The molecule has 1 N–H and O–H groups in total. The van der Waals surface area contributed by atoms with Crippen LogP contribution in [0.25, 0.3) is 0 Å². The standard InChI is InChI=1S/C13H7BrFIN2O3/c14-10-6-8(18(20)21)2-4-12(10)17-13(19)9-3-1-7(15)5-11(9)16/h1-6H,(H,17,19). The summed E-state index contributed by atoms with van der Waals surface area (Å²) in [6.45, 7) is 0. The van der Waals surface area contributed by atoms with Gasteiger partial charge in [-0.2, -0.15) is 0 Å². The van der Waals surface area contributed by atoms with Gasteiger partial charge in [-0.3, -0.25) is 14.9 Å². The van der Waals surface area contributed by atoms with Gasteiger partial charge in [0, 0.05) is 20.2 Å². The van der Waals surface area contributed by atoms with Crippen molar-refractivity contribution >= 4 is 55.8 Å². The third-order valence-corrected chi connectivity index (χ3v) is 4.14. The van der Waals surface area contributed by atoms with Crippen LogP contribution in [0.2, 0.25) is 0 Å². The van der Waals surface area contributed by atoms with E-state index in [2.05, 4.69) is 21.2 Å². The van der Waals surface area contributed by atoms with Crippen LogP contribution in [-0.4, -0.2) is 10.8 Å². The summed E-state index contributed by atoms with van der Waals surface area (Å²) in [5.41, 5.74) is 0.629. The van der Waals surface area contributed by atoms with Crippen molar-refractivity contribution < 1.29 is 14.1 Å². The molecule has 1 amide bonds. The van der Waals surface area contributed by atoms with Crippen LogP contribution in [0.15, 0.2) is 40.9 Å². The SMILES string of the molecule is O=C(Nc1ccc([N+](=O)[O-])cc1Br)c1ccc(F)cc1I. The van der Waals surface area contributed by atoms with E-state index >= 15 is 0 Å². The summed E-state index contributed by atoms with van der Waals surface area (Å²) in [5.74, 6) is -0.846. The van der Waals surface area contributed by atoms with Gasteiger partial charge in [0.15, 0.2) is 0 Å². The average molecular weight is 465 g/mol. The number of hydrogen-bond acceptors (Lipinski definition) is 3. The lowest BCUT2D eigenvalue weighted by Gasteiger charge is -2.08. The molecular formula is C13H7BrFIN2O3. The van der Waals surface area contributed by atoms with Crippen LogP contribution in [0.4, 0.5) is 15.8 Å². The lowest BCUT2D eigenvalue weighted by Crippen LogP contribution is -2.14. The van der Waals surface area contributed by atoms with Crippen molar-refractivity contribution in [3.05, 3.63) is 65.9 Å². The topological polar surface area (TPSA) is 72.2 Å². The maximum atomic E-state index is 13.0. The first-order valence-corrected chi connectivity index (χ1v) is 7.46. The molecule has 8 heteroatoms. The van der Waals surface area contributed by atoms with Gasteiger partial charge in [-0.15, -0.1) is 0 Å². The number of anilines is 1. The second-order valence-corrected chi connectivity index (χ2v) is 6.02. The second-order valence-electron chi connectivity index (χ2n) is 4.00. The molecule has 0 saturated heterocycles. The summed E-state index contributed by atoms with van der Waals surface area (Å²) in [6, 6.07) is 7.84.